The number of hydrogen-bond donors (Lipinski definition) is 2. The predicted octanol–water partition coefficient (Wildman–Crippen LogP) is 2.99. The van der Waals surface area contributed by atoms with Gasteiger partial charge in [-0.1, -0.05) is 29.8 Å². The molecule has 0 fully saturated rings. The zero-order valence-electron chi connectivity index (χ0n) is 13.7. The van der Waals surface area contributed by atoms with Gasteiger partial charge in [-0.15, -0.1) is 0 Å². The van der Waals surface area contributed by atoms with Crippen LogP contribution in [-0.4, -0.2) is 14.9 Å². The highest BCUT2D eigenvalue weighted by Crippen LogP contribution is 2.12. The van der Waals surface area contributed by atoms with Crippen LogP contribution in [0.4, 0.5) is 0 Å². The van der Waals surface area contributed by atoms with E-state index in [9.17, 15) is 0 Å². The summed E-state index contributed by atoms with van der Waals surface area (Å²) >= 11 is 5.35. The predicted molar refractivity (Wildman–Crippen MR) is 94.8 cm³/mol. The minimum Gasteiger partial charge on any atom is -0.359 e. The van der Waals surface area contributed by atoms with Gasteiger partial charge >= 0.3 is 0 Å². The maximum absolute atomic E-state index is 5.35. The molecule has 1 aromatic carbocycles. The van der Waals surface area contributed by atoms with Gasteiger partial charge < -0.3 is 10.6 Å². The Bertz CT molecular complexity index is 643. The monoisotopic (exact) mass is 316 g/mol. The van der Waals surface area contributed by atoms with E-state index in [1.165, 1.54) is 22.4 Å². The Balaban J connectivity index is 1.85. The van der Waals surface area contributed by atoms with Crippen LogP contribution in [-0.2, 0) is 19.6 Å². The zero-order chi connectivity index (χ0) is 16.1. The molecule has 0 radical (unpaired) electrons. The topological polar surface area (TPSA) is 41.9 Å². The molecule has 0 amide bonds. The van der Waals surface area contributed by atoms with E-state index < -0.39 is 0 Å². The van der Waals surface area contributed by atoms with E-state index in [1.54, 1.807) is 0 Å². The summed E-state index contributed by atoms with van der Waals surface area (Å²) in [6, 6.07) is 8.45. The lowest BCUT2D eigenvalue weighted by Crippen LogP contribution is -2.34. The summed E-state index contributed by atoms with van der Waals surface area (Å²) in [5.74, 6) is 0. The van der Waals surface area contributed by atoms with Crippen molar-refractivity contribution in [1.82, 2.24) is 20.4 Å². The first-order chi connectivity index (χ1) is 10.5. The summed E-state index contributed by atoms with van der Waals surface area (Å²) in [5, 5.41) is 11.7. The van der Waals surface area contributed by atoms with Crippen molar-refractivity contribution in [3.05, 3.63) is 52.3 Å². The van der Waals surface area contributed by atoms with E-state index in [1.807, 2.05) is 11.6 Å². The van der Waals surface area contributed by atoms with Crippen LogP contribution in [0.5, 0.6) is 0 Å². The van der Waals surface area contributed by atoms with Gasteiger partial charge in [0.2, 0.25) is 0 Å². The van der Waals surface area contributed by atoms with E-state index in [-0.39, 0.29) is 0 Å². The summed E-state index contributed by atoms with van der Waals surface area (Å²) in [4.78, 5) is 0. The second kappa shape index (κ2) is 7.40. The highest BCUT2D eigenvalue weighted by Gasteiger charge is 2.10. The van der Waals surface area contributed by atoms with E-state index >= 15 is 0 Å². The Labute approximate surface area is 137 Å². The molecule has 0 aliphatic heterocycles. The molecule has 0 spiro atoms. The fraction of sp³-hybridized carbons (Fsp3) is 0.412. The van der Waals surface area contributed by atoms with Gasteiger partial charge in [0.1, 0.15) is 0 Å². The summed E-state index contributed by atoms with van der Waals surface area (Å²) in [6.45, 7) is 10.7. The Hall–Kier alpha value is -1.88. The van der Waals surface area contributed by atoms with Gasteiger partial charge in [0.15, 0.2) is 5.11 Å². The summed E-state index contributed by atoms with van der Waals surface area (Å²) in [5.41, 5.74) is 5.98. The van der Waals surface area contributed by atoms with E-state index in [0.717, 1.165) is 18.8 Å². The molecule has 2 rings (SSSR count). The van der Waals surface area contributed by atoms with E-state index in [0.29, 0.717) is 11.7 Å². The van der Waals surface area contributed by atoms with Crippen molar-refractivity contribution in [2.45, 2.75) is 47.3 Å². The smallest absolute Gasteiger partial charge is 0.166 e. The molecule has 5 heteroatoms. The van der Waals surface area contributed by atoms with Crippen LogP contribution >= 0.6 is 12.2 Å². The molecular formula is C17H24N4S. The molecule has 2 aromatic rings. The van der Waals surface area contributed by atoms with Crippen molar-refractivity contribution in [3.8, 4) is 0 Å². The van der Waals surface area contributed by atoms with Crippen LogP contribution in [0.25, 0.3) is 0 Å². The van der Waals surface area contributed by atoms with Gasteiger partial charge in [0, 0.05) is 30.9 Å². The Kier molecular flexibility index (Phi) is 5.55. The first-order valence-electron chi connectivity index (χ1n) is 7.61. The average molecular weight is 316 g/mol. The third kappa shape index (κ3) is 4.07. The van der Waals surface area contributed by atoms with Gasteiger partial charge in [-0.25, -0.2) is 0 Å². The molecule has 1 aromatic heterocycles. The molecule has 0 atom stereocenters. The molecule has 22 heavy (non-hydrogen) atoms. The lowest BCUT2D eigenvalue weighted by Gasteiger charge is -2.11. The molecule has 118 valence electrons. The quantitative estimate of drug-likeness (QED) is 0.832. The normalized spacial score (nSPS) is 10.5. The average Bonchev–Trinajstić information content (AvgIpc) is 2.78. The van der Waals surface area contributed by atoms with Crippen LogP contribution < -0.4 is 10.6 Å². The van der Waals surface area contributed by atoms with Gasteiger partial charge in [-0.2, -0.15) is 5.10 Å². The molecule has 2 N–H and O–H groups in total. The first-order valence-corrected chi connectivity index (χ1v) is 8.02. The van der Waals surface area contributed by atoms with Gasteiger partial charge in [0.05, 0.1) is 5.69 Å². The van der Waals surface area contributed by atoms with Gasteiger partial charge in [-0.05, 0) is 45.5 Å². The maximum Gasteiger partial charge on any atom is 0.166 e. The summed E-state index contributed by atoms with van der Waals surface area (Å²) in [7, 11) is 0. The van der Waals surface area contributed by atoms with Crippen LogP contribution in [0, 0.1) is 20.8 Å². The van der Waals surface area contributed by atoms with Crippen molar-refractivity contribution >= 4 is 17.3 Å². The SMILES string of the molecule is CCn1nc(C)c(CNC(=S)NCc2ccc(C)cc2)c1C. The van der Waals surface area contributed by atoms with Crippen molar-refractivity contribution in [3.63, 3.8) is 0 Å². The number of nitrogens with one attached hydrogen (secondary N) is 2. The fourth-order valence-corrected chi connectivity index (χ4v) is 2.56. The maximum atomic E-state index is 5.35. The minimum absolute atomic E-state index is 0.670. The van der Waals surface area contributed by atoms with Crippen LogP contribution in [0.1, 0.15) is 35.0 Å². The molecule has 0 aliphatic rings. The second-order valence-corrected chi connectivity index (χ2v) is 5.90. The highest BCUT2D eigenvalue weighted by atomic mass is 32.1. The molecule has 0 saturated carbocycles. The number of rotatable bonds is 5. The first kappa shape index (κ1) is 16.5. The number of aryl methyl sites for hydroxylation is 3. The summed E-state index contributed by atoms with van der Waals surface area (Å²) in [6.07, 6.45) is 0. The molecule has 0 unspecified atom stereocenters. The molecule has 0 saturated heterocycles. The number of thiocarbonyl (C=S) groups is 1. The third-order valence-electron chi connectivity index (χ3n) is 3.83. The van der Waals surface area contributed by atoms with Crippen molar-refractivity contribution in [2.75, 3.05) is 0 Å². The Morgan fingerprint density at radius 2 is 1.73 bits per heavy atom. The Morgan fingerprint density at radius 3 is 2.32 bits per heavy atom. The third-order valence-corrected chi connectivity index (χ3v) is 4.12. The Morgan fingerprint density at radius 1 is 1.09 bits per heavy atom. The summed E-state index contributed by atoms with van der Waals surface area (Å²) < 4.78 is 2.02. The number of hydrogen-bond acceptors (Lipinski definition) is 2. The fourth-order valence-electron chi connectivity index (χ4n) is 2.42. The largest absolute Gasteiger partial charge is 0.359 e. The van der Waals surface area contributed by atoms with Crippen molar-refractivity contribution in [1.29, 1.82) is 0 Å². The molecule has 4 nitrogen and oxygen atoms in total. The lowest BCUT2D eigenvalue weighted by molar-refractivity contribution is 0.633. The molecular weight excluding hydrogens is 292 g/mol. The van der Waals surface area contributed by atoms with Gasteiger partial charge in [0.25, 0.3) is 0 Å². The zero-order valence-corrected chi connectivity index (χ0v) is 14.5. The molecule has 0 bridgehead atoms. The van der Waals surface area contributed by atoms with Crippen molar-refractivity contribution in [2.24, 2.45) is 0 Å². The van der Waals surface area contributed by atoms with E-state index in [2.05, 4.69) is 60.8 Å². The highest BCUT2D eigenvalue weighted by molar-refractivity contribution is 7.80. The number of benzene rings is 1. The van der Waals surface area contributed by atoms with Crippen LogP contribution in [0.15, 0.2) is 24.3 Å². The van der Waals surface area contributed by atoms with Gasteiger partial charge in [-0.3, -0.25) is 4.68 Å². The van der Waals surface area contributed by atoms with E-state index in [4.69, 9.17) is 12.2 Å². The lowest BCUT2D eigenvalue weighted by atomic mass is 10.1. The number of aromatic nitrogens is 2. The molecule has 0 aliphatic carbocycles. The molecule has 1 heterocycles. The van der Waals surface area contributed by atoms with Crippen LogP contribution in [0.2, 0.25) is 0 Å². The number of nitrogens with zero attached hydrogens (tertiary/aromatic N) is 2. The van der Waals surface area contributed by atoms with Crippen molar-refractivity contribution < 1.29 is 0 Å². The van der Waals surface area contributed by atoms with Crippen LogP contribution in [0.3, 0.4) is 0 Å². The minimum atomic E-state index is 0.670. The second-order valence-electron chi connectivity index (χ2n) is 5.49. The standard InChI is InChI=1S/C17H24N4S/c1-5-21-14(4)16(13(3)20-21)11-19-17(22)18-10-15-8-6-12(2)7-9-15/h6-9H,5,10-11H2,1-4H3,(H2,18,19,22).